The fraction of sp³-hybridized carbons (Fsp3) is 0.905. The van der Waals surface area contributed by atoms with Crippen LogP contribution in [0.1, 0.15) is 64.2 Å². The Morgan fingerprint density at radius 1 is 0.939 bits per heavy atom. The SMILES string of the molecule is NC(CO[C@@H]1O[C@H](CO)[C@H](O)[C@H](O)[C@H]1O)C(=O)NCCCCCCCCCCCC(=O)[O-].[Na+]. The van der Waals surface area contributed by atoms with Crippen LogP contribution in [0.3, 0.4) is 0 Å². The molecule has 1 saturated heterocycles. The molecular weight excluding hydrogens is 447 g/mol. The van der Waals surface area contributed by atoms with Gasteiger partial charge >= 0.3 is 29.6 Å². The number of rotatable bonds is 17. The van der Waals surface area contributed by atoms with E-state index in [1.807, 2.05) is 0 Å². The number of carboxylic acids is 1. The Morgan fingerprint density at radius 2 is 1.48 bits per heavy atom. The fourth-order valence-electron chi connectivity index (χ4n) is 3.45. The third-order valence-electron chi connectivity index (χ3n) is 5.48. The van der Waals surface area contributed by atoms with E-state index in [-0.39, 0.29) is 42.6 Å². The van der Waals surface area contributed by atoms with E-state index in [0.29, 0.717) is 13.0 Å². The van der Waals surface area contributed by atoms with E-state index < -0.39 is 55.2 Å². The van der Waals surface area contributed by atoms with Gasteiger partial charge in [-0.1, -0.05) is 44.9 Å². The van der Waals surface area contributed by atoms with Gasteiger partial charge in [0.15, 0.2) is 6.29 Å². The van der Waals surface area contributed by atoms with Crippen LogP contribution in [0, 0.1) is 0 Å². The van der Waals surface area contributed by atoms with Crippen LogP contribution in [-0.4, -0.2) is 88.8 Å². The summed E-state index contributed by atoms with van der Waals surface area (Å²) >= 11 is 0. The van der Waals surface area contributed by atoms with Crippen LogP contribution in [0.2, 0.25) is 0 Å². The van der Waals surface area contributed by atoms with E-state index in [0.717, 1.165) is 51.4 Å². The van der Waals surface area contributed by atoms with Crippen LogP contribution >= 0.6 is 0 Å². The summed E-state index contributed by atoms with van der Waals surface area (Å²) in [5, 5.41) is 51.5. The van der Waals surface area contributed by atoms with Crippen LogP contribution in [0.4, 0.5) is 0 Å². The topological polar surface area (TPSA) is 195 Å². The van der Waals surface area contributed by atoms with Crippen molar-refractivity contribution >= 4 is 11.9 Å². The summed E-state index contributed by atoms with van der Waals surface area (Å²) in [5.74, 6) is -1.40. The number of ether oxygens (including phenoxy) is 2. The van der Waals surface area contributed by atoms with Crippen LogP contribution in [0.15, 0.2) is 0 Å². The second kappa shape index (κ2) is 18.9. The van der Waals surface area contributed by atoms with Gasteiger partial charge in [0.1, 0.15) is 30.5 Å². The summed E-state index contributed by atoms with van der Waals surface area (Å²) in [7, 11) is 0. The summed E-state index contributed by atoms with van der Waals surface area (Å²) in [5.41, 5.74) is 5.78. The van der Waals surface area contributed by atoms with Crippen molar-refractivity contribution in [3.8, 4) is 0 Å². The van der Waals surface area contributed by atoms with Gasteiger partial charge in [0, 0.05) is 12.5 Å². The van der Waals surface area contributed by atoms with Crippen LogP contribution < -0.4 is 45.7 Å². The molecule has 6 atom stereocenters. The Labute approximate surface area is 217 Å². The number of unbranched alkanes of at least 4 members (excludes halogenated alkanes) is 8. The molecule has 1 heterocycles. The van der Waals surface area contributed by atoms with Crippen molar-refractivity contribution < 1.29 is 74.2 Å². The average molecular weight is 487 g/mol. The maximum atomic E-state index is 12.0. The molecular formula is C21H39N2NaO9. The molecule has 0 aliphatic carbocycles. The smallest absolute Gasteiger partial charge is 0.550 e. The number of carbonyl (C=O) groups is 2. The molecule has 33 heavy (non-hydrogen) atoms. The predicted octanol–water partition coefficient (Wildman–Crippen LogP) is -5.10. The monoisotopic (exact) mass is 486 g/mol. The summed E-state index contributed by atoms with van der Waals surface area (Å²) in [4.78, 5) is 22.3. The van der Waals surface area contributed by atoms with Crippen molar-refractivity contribution in [2.24, 2.45) is 5.73 Å². The Hall–Kier alpha value is -0.340. The number of aliphatic hydroxyl groups excluding tert-OH is 4. The number of hydrogen-bond acceptors (Lipinski definition) is 10. The molecule has 0 spiro atoms. The Balaban J connectivity index is 0.0000102. The fourth-order valence-corrected chi connectivity index (χ4v) is 3.45. The van der Waals surface area contributed by atoms with Crippen molar-refractivity contribution in [2.75, 3.05) is 19.8 Å². The van der Waals surface area contributed by atoms with E-state index in [1.54, 1.807) is 0 Å². The van der Waals surface area contributed by atoms with Crippen molar-refractivity contribution in [1.82, 2.24) is 5.32 Å². The summed E-state index contributed by atoms with van der Waals surface area (Å²) in [6, 6.07) is -1.00. The number of nitrogens with one attached hydrogen (secondary N) is 1. The number of carbonyl (C=O) groups excluding carboxylic acids is 2. The molecule has 1 rings (SSSR count). The summed E-state index contributed by atoms with van der Waals surface area (Å²) < 4.78 is 10.5. The van der Waals surface area contributed by atoms with Gasteiger partial charge in [0.05, 0.1) is 13.2 Å². The zero-order valence-corrected chi connectivity index (χ0v) is 21.6. The molecule has 0 radical (unpaired) electrons. The minimum absolute atomic E-state index is 0. The first-order valence-electron chi connectivity index (χ1n) is 11.4. The van der Waals surface area contributed by atoms with E-state index in [9.17, 15) is 30.0 Å². The van der Waals surface area contributed by atoms with E-state index in [1.165, 1.54) is 0 Å². The number of amides is 1. The average Bonchev–Trinajstić information content (AvgIpc) is 2.77. The number of aliphatic hydroxyl groups is 4. The third-order valence-corrected chi connectivity index (χ3v) is 5.48. The van der Waals surface area contributed by atoms with Crippen molar-refractivity contribution in [3.63, 3.8) is 0 Å². The predicted molar refractivity (Wildman–Crippen MR) is 112 cm³/mol. The maximum absolute atomic E-state index is 12.0. The van der Waals surface area contributed by atoms with E-state index in [4.69, 9.17) is 20.3 Å². The zero-order valence-electron chi connectivity index (χ0n) is 19.6. The minimum atomic E-state index is -1.55. The van der Waals surface area contributed by atoms with Crippen LogP contribution in [0.5, 0.6) is 0 Å². The van der Waals surface area contributed by atoms with Gasteiger partial charge in [-0.3, -0.25) is 4.79 Å². The molecule has 0 aromatic rings. The van der Waals surface area contributed by atoms with Gasteiger partial charge in [0.2, 0.25) is 5.91 Å². The number of aliphatic carboxylic acids is 1. The molecule has 0 bridgehead atoms. The second-order valence-corrected chi connectivity index (χ2v) is 8.23. The van der Waals surface area contributed by atoms with Gasteiger partial charge in [-0.05, 0) is 19.3 Å². The minimum Gasteiger partial charge on any atom is -0.550 e. The largest absolute Gasteiger partial charge is 1.00 e. The molecule has 0 aromatic carbocycles. The Kier molecular flexibility index (Phi) is 18.7. The molecule has 1 amide bonds. The van der Waals surface area contributed by atoms with Crippen LogP contribution in [0.25, 0.3) is 0 Å². The van der Waals surface area contributed by atoms with Crippen LogP contribution in [-0.2, 0) is 19.1 Å². The Bertz CT molecular complexity index is 542. The van der Waals surface area contributed by atoms with Gasteiger partial charge in [0.25, 0.3) is 0 Å². The number of nitrogens with two attached hydrogens (primary N) is 1. The molecule has 11 nitrogen and oxygen atoms in total. The number of carboxylic acid groups (broad SMARTS) is 1. The van der Waals surface area contributed by atoms with Gasteiger partial charge in [-0.15, -0.1) is 0 Å². The zero-order chi connectivity index (χ0) is 23.9. The molecule has 1 unspecified atom stereocenters. The molecule has 0 saturated carbocycles. The van der Waals surface area contributed by atoms with Gasteiger partial charge in [-0.25, -0.2) is 0 Å². The molecule has 1 fully saturated rings. The number of hydrogen-bond donors (Lipinski definition) is 6. The van der Waals surface area contributed by atoms with E-state index in [2.05, 4.69) is 5.32 Å². The first-order valence-corrected chi connectivity index (χ1v) is 11.4. The first-order chi connectivity index (χ1) is 15.3. The first kappa shape index (κ1) is 32.7. The normalized spacial score (nSPS) is 25.8. The van der Waals surface area contributed by atoms with Gasteiger partial charge in [-0.2, -0.15) is 0 Å². The second-order valence-electron chi connectivity index (χ2n) is 8.23. The van der Waals surface area contributed by atoms with E-state index >= 15 is 0 Å². The summed E-state index contributed by atoms with van der Waals surface area (Å²) in [6.45, 7) is -0.352. The maximum Gasteiger partial charge on any atom is 1.00 e. The Morgan fingerprint density at radius 3 is 2.03 bits per heavy atom. The molecule has 12 heteroatoms. The molecule has 0 aromatic heterocycles. The summed E-state index contributed by atoms with van der Waals surface area (Å²) in [6.07, 6.45) is 1.94. The quantitative estimate of drug-likeness (QED) is 0.0855. The van der Waals surface area contributed by atoms with Crippen molar-refractivity contribution in [3.05, 3.63) is 0 Å². The standard InChI is InChI=1S/C21H40N2O9.Na/c22-14(13-31-21-19(29)18(28)17(27)15(12-24)32-21)20(30)23-11-9-7-5-3-1-2-4-6-8-10-16(25)26;/h14-15,17-19,21,24,27-29H,1-13,22H2,(H,23,30)(H,25,26);/q;+1/p-1/t14?,15-,17+,18+,19-,21-;/m1./s1. The third kappa shape index (κ3) is 13.4. The molecule has 1 aliphatic heterocycles. The van der Waals surface area contributed by atoms with Crippen molar-refractivity contribution in [1.29, 1.82) is 0 Å². The molecule has 1 aliphatic rings. The molecule has 7 N–H and O–H groups in total. The van der Waals surface area contributed by atoms with Gasteiger partial charge < -0.3 is 50.9 Å². The molecule has 188 valence electrons. The van der Waals surface area contributed by atoms with Crippen molar-refractivity contribution in [2.45, 2.75) is 101 Å².